The third-order valence-corrected chi connectivity index (χ3v) is 5.12. The number of piperidine rings is 1. The Morgan fingerprint density at radius 2 is 1.65 bits per heavy atom. The number of hydrogen-bond acceptors (Lipinski definition) is 2. The molecule has 0 aromatic heterocycles. The van der Waals surface area contributed by atoms with Gasteiger partial charge in [-0.15, -0.1) is 12.4 Å². The topological polar surface area (TPSA) is 15.3 Å². The Kier molecular flexibility index (Phi) is 5.11. The second-order valence-electron chi connectivity index (χ2n) is 6.55. The van der Waals surface area contributed by atoms with Crippen molar-refractivity contribution in [1.29, 1.82) is 0 Å². The predicted octanol–water partition coefficient (Wildman–Crippen LogP) is 3.44. The van der Waals surface area contributed by atoms with E-state index in [-0.39, 0.29) is 12.4 Å². The molecular weight excluding hydrogens is 268 g/mol. The number of rotatable bonds is 3. The Morgan fingerprint density at radius 3 is 2.20 bits per heavy atom. The summed E-state index contributed by atoms with van der Waals surface area (Å²) in [6.07, 6.45) is 5.44. The molecule has 3 heteroatoms. The van der Waals surface area contributed by atoms with Gasteiger partial charge in [0.1, 0.15) is 0 Å². The maximum absolute atomic E-state index is 3.74. The molecule has 1 N–H and O–H groups in total. The number of nitrogens with one attached hydrogen (secondary N) is 1. The third-order valence-electron chi connectivity index (χ3n) is 5.12. The Balaban J connectivity index is 0.00000147. The van der Waals surface area contributed by atoms with Crippen molar-refractivity contribution in [2.24, 2.45) is 0 Å². The van der Waals surface area contributed by atoms with Gasteiger partial charge in [0.2, 0.25) is 0 Å². The van der Waals surface area contributed by atoms with Crippen molar-refractivity contribution in [1.82, 2.24) is 10.2 Å². The molecule has 3 rings (SSSR count). The van der Waals surface area contributed by atoms with Gasteiger partial charge in [0.25, 0.3) is 0 Å². The minimum atomic E-state index is 0. The summed E-state index contributed by atoms with van der Waals surface area (Å²) in [5.74, 6) is 0. The smallest absolute Gasteiger partial charge is 0.0238 e. The molecule has 112 valence electrons. The SMILES string of the molecule is Cc1cccc(C)c1CN(C)C1CC2CCC(C1)N2.Cl. The summed E-state index contributed by atoms with van der Waals surface area (Å²) in [6, 6.07) is 8.97. The summed E-state index contributed by atoms with van der Waals surface area (Å²) >= 11 is 0. The van der Waals surface area contributed by atoms with Crippen LogP contribution in [-0.2, 0) is 6.54 Å². The molecule has 2 saturated heterocycles. The van der Waals surface area contributed by atoms with Crippen LogP contribution in [0.1, 0.15) is 42.4 Å². The minimum Gasteiger partial charge on any atom is -0.311 e. The van der Waals surface area contributed by atoms with E-state index < -0.39 is 0 Å². The van der Waals surface area contributed by atoms with Crippen LogP contribution >= 0.6 is 12.4 Å². The molecule has 2 aliphatic rings. The van der Waals surface area contributed by atoms with E-state index in [1.165, 1.54) is 42.4 Å². The second kappa shape index (κ2) is 6.46. The molecule has 1 aromatic carbocycles. The van der Waals surface area contributed by atoms with Gasteiger partial charge in [-0.25, -0.2) is 0 Å². The summed E-state index contributed by atoms with van der Waals surface area (Å²) in [5.41, 5.74) is 4.39. The van der Waals surface area contributed by atoms with Gasteiger partial charge in [-0.3, -0.25) is 4.90 Å². The van der Waals surface area contributed by atoms with Crippen molar-refractivity contribution in [2.45, 2.75) is 64.2 Å². The van der Waals surface area contributed by atoms with Gasteiger partial charge in [0.05, 0.1) is 0 Å². The summed E-state index contributed by atoms with van der Waals surface area (Å²) in [4.78, 5) is 2.58. The van der Waals surface area contributed by atoms with E-state index >= 15 is 0 Å². The summed E-state index contributed by atoms with van der Waals surface area (Å²) < 4.78 is 0. The zero-order valence-corrected chi connectivity index (χ0v) is 13.7. The summed E-state index contributed by atoms with van der Waals surface area (Å²) in [6.45, 7) is 5.58. The molecule has 2 nitrogen and oxygen atoms in total. The first kappa shape index (κ1) is 15.8. The zero-order valence-electron chi connectivity index (χ0n) is 12.9. The number of halogens is 1. The van der Waals surface area contributed by atoms with Gasteiger partial charge in [-0.1, -0.05) is 18.2 Å². The van der Waals surface area contributed by atoms with Gasteiger partial charge >= 0.3 is 0 Å². The molecule has 2 unspecified atom stereocenters. The van der Waals surface area contributed by atoms with E-state index in [4.69, 9.17) is 0 Å². The lowest BCUT2D eigenvalue weighted by molar-refractivity contribution is 0.165. The third kappa shape index (κ3) is 3.19. The Labute approximate surface area is 129 Å². The predicted molar refractivity (Wildman–Crippen MR) is 87.6 cm³/mol. The van der Waals surface area contributed by atoms with Gasteiger partial charge in [0.15, 0.2) is 0 Å². The van der Waals surface area contributed by atoms with Crippen LogP contribution in [0.2, 0.25) is 0 Å². The average Bonchev–Trinajstić information content (AvgIpc) is 2.72. The molecule has 0 radical (unpaired) electrons. The molecule has 2 atom stereocenters. The first-order valence-corrected chi connectivity index (χ1v) is 7.65. The van der Waals surface area contributed by atoms with E-state index in [1.54, 1.807) is 0 Å². The summed E-state index contributed by atoms with van der Waals surface area (Å²) in [5, 5.41) is 3.74. The van der Waals surface area contributed by atoms with Crippen molar-refractivity contribution in [2.75, 3.05) is 7.05 Å². The minimum absolute atomic E-state index is 0. The number of benzene rings is 1. The van der Waals surface area contributed by atoms with Gasteiger partial charge in [-0.05, 0) is 63.3 Å². The van der Waals surface area contributed by atoms with E-state index in [9.17, 15) is 0 Å². The molecule has 0 spiro atoms. The number of hydrogen-bond donors (Lipinski definition) is 1. The lowest BCUT2D eigenvalue weighted by Gasteiger charge is -2.36. The van der Waals surface area contributed by atoms with Crippen LogP contribution in [-0.4, -0.2) is 30.1 Å². The average molecular weight is 295 g/mol. The number of nitrogens with zero attached hydrogens (tertiary/aromatic N) is 1. The van der Waals surface area contributed by atoms with E-state index in [0.717, 1.165) is 24.7 Å². The Bertz CT molecular complexity index is 428. The molecule has 1 aromatic rings. The van der Waals surface area contributed by atoms with Crippen molar-refractivity contribution < 1.29 is 0 Å². The molecule has 2 aliphatic heterocycles. The maximum Gasteiger partial charge on any atom is 0.0238 e. The quantitative estimate of drug-likeness (QED) is 0.919. The van der Waals surface area contributed by atoms with E-state index in [2.05, 4.69) is 49.3 Å². The highest BCUT2D eigenvalue weighted by molar-refractivity contribution is 5.85. The zero-order chi connectivity index (χ0) is 13.4. The van der Waals surface area contributed by atoms with Gasteiger partial charge in [0, 0.05) is 24.7 Å². The van der Waals surface area contributed by atoms with Crippen molar-refractivity contribution >= 4 is 12.4 Å². The Morgan fingerprint density at radius 1 is 1.10 bits per heavy atom. The molecule has 0 amide bonds. The van der Waals surface area contributed by atoms with Crippen LogP contribution in [0, 0.1) is 13.8 Å². The van der Waals surface area contributed by atoms with Crippen molar-refractivity contribution in [3.8, 4) is 0 Å². The largest absolute Gasteiger partial charge is 0.311 e. The van der Waals surface area contributed by atoms with Crippen molar-refractivity contribution in [3.63, 3.8) is 0 Å². The molecule has 20 heavy (non-hydrogen) atoms. The van der Waals surface area contributed by atoms with Crippen LogP contribution in [0.4, 0.5) is 0 Å². The monoisotopic (exact) mass is 294 g/mol. The highest BCUT2D eigenvalue weighted by atomic mass is 35.5. The lowest BCUT2D eigenvalue weighted by atomic mass is 9.96. The normalized spacial score (nSPS) is 28.5. The first-order valence-electron chi connectivity index (χ1n) is 7.65. The first-order chi connectivity index (χ1) is 9.13. The molecular formula is C17H27ClN2. The van der Waals surface area contributed by atoms with Crippen LogP contribution in [0.15, 0.2) is 18.2 Å². The van der Waals surface area contributed by atoms with E-state index in [0.29, 0.717) is 0 Å². The second-order valence-corrected chi connectivity index (χ2v) is 6.55. The van der Waals surface area contributed by atoms with Gasteiger partial charge < -0.3 is 5.32 Å². The standard InChI is InChI=1S/C17H26N2.ClH/c1-12-5-4-6-13(2)17(12)11-19(3)16-9-14-7-8-15(10-16)18-14;/h4-6,14-16,18H,7-11H2,1-3H3;1H. The summed E-state index contributed by atoms with van der Waals surface area (Å²) in [7, 11) is 2.31. The highest BCUT2D eigenvalue weighted by Crippen LogP contribution is 2.30. The van der Waals surface area contributed by atoms with Crippen LogP contribution < -0.4 is 5.32 Å². The van der Waals surface area contributed by atoms with Crippen LogP contribution in [0.5, 0.6) is 0 Å². The van der Waals surface area contributed by atoms with Gasteiger partial charge in [-0.2, -0.15) is 0 Å². The highest BCUT2D eigenvalue weighted by Gasteiger charge is 2.35. The fourth-order valence-corrected chi connectivity index (χ4v) is 3.86. The fourth-order valence-electron chi connectivity index (χ4n) is 3.86. The molecule has 2 fully saturated rings. The molecule has 2 heterocycles. The molecule has 0 aliphatic carbocycles. The fraction of sp³-hybridized carbons (Fsp3) is 0.647. The van der Waals surface area contributed by atoms with E-state index in [1.807, 2.05) is 0 Å². The number of fused-ring (bicyclic) bond motifs is 2. The Hall–Kier alpha value is -0.570. The number of aryl methyl sites for hydroxylation is 2. The maximum atomic E-state index is 3.74. The molecule has 2 bridgehead atoms. The van der Waals surface area contributed by atoms with Crippen molar-refractivity contribution in [3.05, 3.63) is 34.9 Å². The van der Waals surface area contributed by atoms with Crippen LogP contribution in [0.25, 0.3) is 0 Å². The molecule has 0 saturated carbocycles. The van der Waals surface area contributed by atoms with Crippen LogP contribution in [0.3, 0.4) is 0 Å². The lowest BCUT2D eigenvalue weighted by Crippen LogP contribution is -2.46.